The maximum Gasteiger partial charge on any atom is 0.240 e. The summed E-state index contributed by atoms with van der Waals surface area (Å²) in [5.74, 6) is 0.180. The van der Waals surface area contributed by atoms with E-state index >= 15 is 0 Å². The predicted octanol–water partition coefficient (Wildman–Crippen LogP) is 11.0. The van der Waals surface area contributed by atoms with Crippen LogP contribution in [0, 0.1) is 0 Å². The fraction of sp³-hybridized carbons (Fsp3) is 0.514. The molecule has 0 atom stereocenters. The lowest BCUT2D eigenvalue weighted by Gasteiger charge is -2.07. The summed E-state index contributed by atoms with van der Waals surface area (Å²) in [6.07, 6.45) is 23.3. The van der Waals surface area contributed by atoms with Crippen molar-refractivity contribution in [3.63, 3.8) is 0 Å². The maximum atomic E-state index is 13.0. The van der Waals surface area contributed by atoms with Crippen LogP contribution in [-0.2, 0) is 17.6 Å². The number of carbonyl (C=O) groups is 1. The first kappa shape index (κ1) is 32.0. The van der Waals surface area contributed by atoms with E-state index in [0.717, 1.165) is 40.5 Å². The van der Waals surface area contributed by atoms with E-state index in [0.29, 0.717) is 6.42 Å². The molecule has 1 aromatic heterocycles. The zero-order valence-corrected chi connectivity index (χ0v) is 25.7. The minimum absolute atomic E-state index is 0.156. The van der Waals surface area contributed by atoms with Crippen LogP contribution in [0.15, 0.2) is 66.0 Å². The zero-order valence-electron chi connectivity index (χ0n) is 24.9. The van der Waals surface area contributed by atoms with Crippen LogP contribution in [0.4, 0.5) is 0 Å². The number of hydrogen-bond donors (Lipinski definition) is 0. The normalized spacial score (nSPS) is 11.2. The van der Waals surface area contributed by atoms with Gasteiger partial charge < -0.3 is 0 Å². The molecule has 2 aromatic carbocycles. The fourth-order valence-corrected chi connectivity index (χ4v) is 6.38. The van der Waals surface area contributed by atoms with Gasteiger partial charge in [-0.05, 0) is 72.4 Å². The van der Waals surface area contributed by atoms with E-state index in [9.17, 15) is 9.59 Å². The van der Waals surface area contributed by atoms with Crippen molar-refractivity contribution in [2.45, 2.75) is 122 Å². The number of ketones is 1. The van der Waals surface area contributed by atoms with E-state index in [1.807, 2.05) is 0 Å². The van der Waals surface area contributed by atoms with E-state index in [1.54, 1.807) is 0 Å². The fourth-order valence-electron chi connectivity index (χ4n) is 5.44. The average molecular weight is 559 g/mol. The molecule has 0 N–H and O–H groups in total. The molecule has 3 heteroatoms. The molecule has 0 saturated carbocycles. The average Bonchev–Trinajstić information content (AvgIpc) is 2.97. The molecule has 3 aromatic rings. The molecular weight excluding hydrogens is 508 g/mol. The van der Waals surface area contributed by atoms with Crippen molar-refractivity contribution in [3.05, 3.63) is 81.8 Å². The SMILES string of the molecule is C=CC(=O)CCCCCCCCCCCCCCc1ccc2cc(-c3ccc(CCCCC)cc3)c(=O)sc2c1. The Kier molecular flexibility index (Phi) is 15.0. The highest BCUT2D eigenvalue weighted by Crippen LogP contribution is 2.26. The lowest BCUT2D eigenvalue weighted by Crippen LogP contribution is -1.99. The van der Waals surface area contributed by atoms with Crippen LogP contribution in [0.1, 0.15) is 121 Å². The Hall–Kier alpha value is -2.52. The highest BCUT2D eigenvalue weighted by molar-refractivity contribution is 7.16. The van der Waals surface area contributed by atoms with Crippen molar-refractivity contribution in [1.29, 1.82) is 0 Å². The molecule has 0 aliphatic rings. The Labute approximate surface area is 246 Å². The molecule has 0 bridgehead atoms. The maximum absolute atomic E-state index is 13.0. The van der Waals surface area contributed by atoms with Crippen molar-refractivity contribution in [3.8, 4) is 11.1 Å². The van der Waals surface area contributed by atoms with Crippen molar-refractivity contribution in [2.75, 3.05) is 0 Å². The number of carbonyl (C=O) groups excluding carboxylic acids is 1. The van der Waals surface area contributed by atoms with Gasteiger partial charge >= 0.3 is 0 Å². The summed E-state index contributed by atoms with van der Waals surface area (Å²) in [4.78, 5) is 24.2. The number of benzene rings is 2. The highest BCUT2D eigenvalue weighted by Gasteiger charge is 2.08. The van der Waals surface area contributed by atoms with Gasteiger partial charge in [0.1, 0.15) is 0 Å². The molecule has 0 aliphatic carbocycles. The van der Waals surface area contributed by atoms with Crippen molar-refractivity contribution in [2.24, 2.45) is 0 Å². The standard InChI is InChI=1S/C37H50O2S/c1-3-5-16-19-30-22-25-32(26-23-30)35-29-33-27-24-31(28-36(33)40-37(35)39)20-17-14-12-10-8-6-7-9-11-13-15-18-21-34(38)4-2/h4,22-29H,2-3,5-21H2,1H3. The van der Waals surface area contributed by atoms with E-state index in [-0.39, 0.29) is 10.5 Å². The Morgan fingerprint density at radius 3 is 1.88 bits per heavy atom. The molecule has 0 radical (unpaired) electrons. The molecule has 0 spiro atoms. The van der Waals surface area contributed by atoms with Crippen LogP contribution < -0.4 is 4.74 Å². The van der Waals surface area contributed by atoms with E-state index in [2.05, 4.69) is 62.0 Å². The van der Waals surface area contributed by atoms with Gasteiger partial charge in [-0.25, -0.2) is 0 Å². The number of unbranched alkanes of at least 4 members (excludes halogenated alkanes) is 13. The van der Waals surface area contributed by atoms with Crippen LogP contribution in [0.3, 0.4) is 0 Å². The first-order valence-electron chi connectivity index (χ1n) is 15.9. The predicted molar refractivity (Wildman–Crippen MR) is 176 cm³/mol. The van der Waals surface area contributed by atoms with Crippen molar-refractivity contribution >= 4 is 27.2 Å². The minimum atomic E-state index is 0.156. The summed E-state index contributed by atoms with van der Waals surface area (Å²) >= 11 is 1.39. The Morgan fingerprint density at radius 1 is 0.700 bits per heavy atom. The molecule has 0 amide bonds. The van der Waals surface area contributed by atoms with Gasteiger partial charge in [0.15, 0.2) is 5.78 Å². The number of aryl methyl sites for hydroxylation is 2. The van der Waals surface area contributed by atoms with Crippen LogP contribution in [-0.4, -0.2) is 5.78 Å². The smallest absolute Gasteiger partial charge is 0.240 e. The van der Waals surface area contributed by atoms with Crippen LogP contribution in [0.25, 0.3) is 21.2 Å². The summed E-state index contributed by atoms with van der Waals surface area (Å²) in [5.41, 5.74) is 4.56. The van der Waals surface area contributed by atoms with Crippen LogP contribution in [0.2, 0.25) is 0 Å². The number of allylic oxidation sites excluding steroid dienone is 1. The monoisotopic (exact) mass is 558 g/mol. The molecule has 0 unspecified atom stereocenters. The first-order chi connectivity index (χ1) is 19.6. The molecule has 216 valence electrons. The Morgan fingerprint density at radius 2 is 1.25 bits per heavy atom. The number of rotatable bonds is 21. The summed E-state index contributed by atoms with van der Waals surface area (Å²) in [5, 5.41) is 1.16. The second-order valence-electron chi connectivity index (χ2n) is 11.4. The second kappa shape index (κ2) is 18.8. The minimum Gasteiger partial charge on any atom is -0.295 e. The van der Waals surface area contributed by atoms with Gasteiger partial charge in [-0.15, -0.1) is 0 Å². The van der Waals surface area contributed by atoms with Gasteiger partial charge in [0, 0.05) is 16.7 Å². The molecule has 0 fully saturated rings. The summed E-state index contributed by atoms with van der Waals surface area (Å²) in [6.45, 7) is 5.76. The lowest BCUT2D eigenvalue weighted by atomic mass is 10.0. The third-order valence-corrected chi connectivity index (χ3v) is 8.98. The summed E-state index contributed by atoms with van der Waals surface area (Å²) in [7, 11) is 0. The number of hydrogen-bond acceptors (Lipinski definition) is 3. The molecular formula is C37H50O2S. The van der Waals surface area contributed by atoms with Gasteiger partial charge in [0.25, 0.3) is 0 Å². The van der Waals surface area contributed by atoms with Gasteiger partial charge in [-0.2, -0.15) is 0 Å². The van der Waals surface area contributed by atoms with E-state index in [4.69, 9.17) is 0 Å². The van der Waals surface area contributed by atoms with Crippen LogP contribution in [0.5, 0.6) is 0 Å². The third kappa shape index (κ3) is 11.5. The summed E-state index contributed by atoms with van der Waals surface area (Å²) in [6, 6.07) is 17.4. The van der Waals surface area contributed by atoms with Crippen molar-refractivity contribution < 1.29 is 4.79 Å². The first-order valence-corrected chi connectivity index (χ1v) is 16.7. The topological polar surface area (TPSA) is 34.1 Å². The number of fused-ring (bicyclic) bond motifs is 1. The highest BCUT2D eigenvalue weighted by atomic mass is 32.1. The van der Waals surface area contributed by atoms with Gasteiger partial charge in [0.2, 0.25) is 4.74 Å². The van der Waals surface area contributed by atoms with E-state index in [1.165, 1.54) is 118 Å². The van der Waals surface area contributed by atoms with E-state index < -0.39 is 0 Å². The Balaban J connectivity index is 1.31. The van der Waals surface area contributed by atoms with Gasteiger partial charge in [-0.1, -0.05) is 138 Å². The molecule has 1 heterocycles. The third-order valence-electron chi connectivity index (χ3n) is 8.00. The quantitative estimate of drug-likeness (QED) is 0.0962. The molecule has 3 rings (SSSR count). The largest absolute Gasteiger partial charge is 0.295 e. The second-order valence-corrected chi connectivity index (χ2v) is 12.4. The Bertz CT molecular complexity index is 1220. The molecule has 0 saturated heterocycles. The zero-order chi connectivity index (χ0) is 28.4. The lowest BCUT2D eigenvalue weighted by molar-refractivity contribution is -0.114. The van der Waals surface area contributed by atoms with Gasteiger partial charge in [-0.3, -0.25) is 9.59 Å². The summed E-state index contributed by atoms with van der Waals surface area (Å²) < 4.78 is 1.26. The molecule has 0 aliphatic heterocycles. The molecule has 2 nitrogen and oxygen atoms in total. The molecule has 40 heavy (non-hydrogen) atoms. The van der Waals surface area contributed by atoms with Crippen molar-refractivity contribution in [1.82, 2.24) is 0 Å². The van der Waals surface area contributed by atoms with Crippen LogP contribution >= 0.6 is 11.3 Å². The van der Waals surface area contributed by atoms with Gasteiger partial charge in [0.05, 0.1) is 0 Å².